The average molecular weight is 236 g/mol. The molecule has 2 rings (SSSR count). The first-order valence-corrected chi connectivity index (χ1v) is 6.34. The Morgan fingerprint density at radius 1 is 0.765 bits per heavy atom. The third-order valence-electron chi connectivity index (χ3n) is 6.45. The van der Waals surface area contributed by atoms with Gasteiger partial charge >= 0.3 is 0 Å². The second-order valence-corrected chi connectivity index (χ2v) is 6.40. The van der Waals surface area contributed by atoms with Crippen LogP contribution in [0.4, 0.5) is 0 Å². The molecule has 0 aromatic carbocycles. The molecule has 0 heterocycles. The Morgan fingerprint density at radius 3 is 1.29 bits per heavy atom. The van der Waals surface area contributed by atoms with Crippen molar-refractivity contribution in [1.29, 1.82) is 0 Å². The number of allylic oxidation sites excluding steroid dienone is 2. The smallest absolute Gasteiger partial charge is 0.0654 e. The molecule has 0 saturated heterocycles. The van der Waals surface area contributed by atoms with Gasteiger partial charge in [-0.3, -0.25) is 0 Å². The highest BCUT2D eigenvalue weighted by molar-refractivity contribution is 5.58. The minimum absolute atomic E-state index is 0.0181. The van der Waals surface area contributed by atoms with Gasteiger partial charge in [-0.1, -0.05) is 38.8 Å². The molecule has 2 aliphatic rings. The molecule has 2 unspecified atom stereocenters. The summed E-state index contributed by atoms with van der Waals surface area (Å²) in [6, 6.07) is 0. The highest BCUT2D eigenvalue weighted by Gasteiger charge is 2.67. The van der Waals surface area contributed by atoms with Gasteiger partial charge in [0.2, 0.25) is 0 Å². The minimum Gasteiger partial charge on any atom is -0.392 e. The van der Waals surface area contributed by atoms with Crippen LogP contribution in [0.5, 0.6) is 0 Å². The quantitative estimate of drug-likeness (QED) is 0.724. The Balaban J connectivity index is 2.81. The Bertz CT molecular complexity index is 404. The van der Waals surface area contributed by atoms with Gasteiger partial charge in [-0.15, -0.1) is 0 Å². The van der Waals surface area contributed by atoms with Gasteiger partial charge in [0.15, 0.2) is 0 Å². The molecule has 2 nitrogen and oxygen atoms in total. The third kappa shape index (κ3) is 0.970. The summed E-state index contributed by atoms with van der Waals surface area (Å²) in [6.07, 6.45) is 0. The molecule has 2 heteroatoms. The van der Waals surface area contributed by atoms with Crippen molar-refractivity contribution in [3.63, 3.8) is 0 Å². The summed E-state index contributed by atoms with van der Waals surface area (Å²) in [6.45, 7) is 13.4. The maximum atomic E-state index is 9.71. The van der Waals surface area contributed by atoms with E-state index in [-0.39, 0.29) is 29.5 Å². The van der Waals surface area contributed by atoms with Crippen molar-refractivity contribution in [2.24, 2.45) is 16.2 Å². The SMILES string of the molecule is CC1=C(C)C2(C)C(CO)=C(CO)C1(C)C2(C)C. The van der Waals surface area contributed by atoms with Gasteiger partial charge in [-0.05, 0) is 30.4 Å². The Kier molecular flexibility index (Phi) is 2.45. The number of aliphatic hydroxyl groups is 2. The van der Waals surface area contributed by atoms with E-state index < -0.39 is 0 Å². The standard InChI is InChI=1S/C15H24O2/c1-9-10(2)15(6)12(8-17)11(7-16)14(9,5)13(15,3)4/h16-17H,7-8H2,1-6H3. The molecule has 0 spiro atoms. The number of rotatable bonds is 2. The largest absolute Gasteiger partial charge is 0.392 e. The number of aliphatic hydroxyl groups excluding tert-OH is 2. The van der Waals surface area contributed by atoms with Gasteiger partial charge < -0.3 is 10.2 Å². The van der Waals surface area contributed by atoms with Crippen LogP contribution < -0.4 is 0 Å². The number of fused-ring (bicyclic) bond motifs is 2. The van der Waals surface area contributed by atoms with Gasteiger partial charge in [0.1, 0.15) is 0 Å². The van der Waals surface area contributed by atoms with E-state index in [9.17, 15) is 10.2 Å². The van der Waals surface area contributed by atoms with Crippen LogP contribution in [0.2, 0.25) is 0 Å². The van der Waals surface area contributed by atoms with Gasteiger partial charge in [0.25, 0.3) is 0 Å². The van der Waals surface area contributed by atoms with E-state index in [1.165, 1.54) is 11.1 Å². The highest BCUT2D eigenvalue weighted by Crippen LogP contribution is 2.75. The highest BCUT2D eigenvalue weighted by atomic mass is 16.3. The van der Waals surface area contributed by atoms with Crippen LogP contribution >= 0.6 is 0 Å². The third-order valence-corrected chi connectivity index (χ3v) is 6.45. The first kappa shape index (κ1) is 12.8. The summed E-state index contributed by atoms with van der Waals surface area (Å²) in [5.74, 6) is 0. The molecular weight excluding hydrogens is 212 g/mol. The van der Waals surface area contributed by atoms with E-state index >= 15 is 0 Å². The van der Waals surface area contributed by atoms with Crippen molar-refractivity contribution >= 4 is 0 Å². The zero-order chi connectivity index (χ0) is 13.2. The van der Waals surface area contributed by atoms with Crippen LogP contribution in [0.3, 0.4) is 0 Å². The Labute approximate surface area is 104 Å². The van der Waals surface area contributed by atoms with Gasteiger partial charge in [-0.25, -0.2) is 0 Å². The maximum absolute atomic E-state index is 9.71. The maximum Gasteiger partial charge on any atom is 0.0654 e. The second-order valence-electron chi connectivity index (χ2n) is 6.40. The van der Waals surface area contributed by atoms with Gasteiger partial charge in [0.05, 0.1) is 13.2 Å². The van der Waals surface area contributed by atoms with Crippen LogP contribution in [0.1, 0.15) is 41.5 Å². The molecule has 0 saturated carbocycles. The number of hydrogen-bond donors (Lipinski definition) is 2. The van der Waals surface area contributed by atoms with Crippen molar-refractivity contribution in [1.82, 2.24) is 0 Å². The molecule has 17 heavy (non-hydrogen) atoms. The first-order valence-electron chi connectivity index (χ1n) is 6.34. The van der Waals surface area contributed by atoms with Gasteiger partial charge in [0, 0.05) is 10.8 Å². The zero-order valence-electron chi connectivity index (χ0n) is 11.8. The Hall–Kier alpha value is -0.600. The predicted octanol–water partition coefficient (Wildman–Crippen LogP) is 2.67. The second kappa shape index (κ2) is 3.24. The minimum atomic E-state index is -0.112. The molecule has 2 aliphatic carbocycles. The lowest BCUT2D eigenvalue weighted by atomic mass is 9.60. The fourth-order valence-corrected chi connectivity index (χ4v) is 4.51. The summed E-state index contributed by atoms with van der Waals surface area (Å²) in [7, 11) is 0. The van der Waals surface area contributed by atoms with Gasteiger partial charge in [-0.2, -0.15) is 0 Å². The summed E-state index contributed by atoms with van der Waals surface area (Å²) in [4.78, 5) is 0. The fraction of sp³-hybridized carbons (Fsp3) is 0.733. The normalized spacial score (nSPS) is 39.5. The van der Waals surface area contributed by atoms with Crippen LogP contribution in [0, 0.1) is 16.2 Å². The topological polar surface area (TPSA) is 40.5 Å². The Morgan fingerprint density at radius 2 is 1.06 bits per heavy atom. The monoisotopic (exact) mass is 236 g/mol. The lowest BCUT2D eigenvalue weighted by Gasteiger charge is -2.43. The summed E-state index contributed by atoms with van der Waals surface area (Å²) >= 11 is 0. The summed E-state index contributed by atoms with van der Waals surface area (Å²) < 4.78 is 0. The van der Waals surface area contributed by atoms with E-state index in [0.29, 0.717) is 0 Å². The number of hydrogen-bond acceptors (Lipinski definition) is 2. The van der Waals surface area contributed by atoms with Crippen LogP contribution in [0.15, 0.2) is 22.3 Å². The van der Waals surface area contributed by atoms with Crippen molar-refractivity contribution in [3.05, 3.63) is 22.3 Å². The van der Waals surface area contributed by atoms with E-state index in [2.05, 4.69) is 41.5 Å². The molecule has 96 valence electrons. The van der Waals surface area contributed by atoms with Crippen LogP contribution in [0.25, 0.3) is 0 Å². The molecule has 0 aromatic rings. The lowest BCUT2D eigenvalue weighted by molar-refractivity contribution is 0.107. The molecule has 2 bridgehead atoms. The average Bonchev–Trinajstić information content (AvgIpc) is 2.48. The summed E-state index contributed by atoms with van der Waals surface area (Å²) in [5, 5.41) is 19.4. The van der Waals surface area contributed by atoms with Crippen molar-refractivity contribution < 1.29 is 10.2 Å². The van der Waals surface area contributed by atoms with E-state index in [1.54, 1.807) is 0 Å². The molecule has 0 amide bonds. The molecule has 0 radical (unpaired) electrons. The molecule has 0 aliphatic heterocycles. The van der Waals surface area contributed by atoms with Crippen molar-refractivity contribution in [2.75, 3.05) is 13.2 Å². The van der Waals surface area contributed by atoms with E-state index in [4.69, 9.17) is 0 Å². The molecule has 2 atom stereocenters. The van der Waals surface area contributed by atoms with Crippen molar-refractivity contribution in [2.45, 2.75) is 41.5 Å². The summed E-state index contributed by atoms with van der Waals surface area (Å²) in [5.41, 5.74) is 4.60. The van der Waals surface area contributed by atoms with E-state index in [0.717, 1.165) is 11.1 Å². The molecule has 0 fully saturated rings. The lowest BCUT2D eigenvalue weighted by Crippen LogP contribution is -2.38. The van der Waals surface area contributed by atoms with Crippen LogP contribution in [-0.2, 0) is 0 Å². The first-order chi connectivity index (χ1) is 7.71. The molecule has 2 N–H and O–H groups in total. The van der Waals surface area contributed by atoms with Crippen molar-refractivity contribution in [3.8, 4) is 0 Å². The molecular formula is C15H24O2. The van der Waals surface area contributed by atoms with E-state index in [1.807, 2.05) is 0 Å². The fourth-order valence-electron chi connectivity index (χ4n) is 4.51. The zero-order valence-corrected chi connectivity index (χ0v) is 11.8. The molecule has 0 aromatic heterocycles. The van der Waals surface area contributed by atoms with Crippen LogP contribution in [-0.4, -0.2) is 23.4 Å². The predicted molar refractivity (Wildman–Crippen MR) is 69.6 cm³/mol.